The lowest BCUT2D eigenvalue weighted by Crippen LogP contribution is -2.47. The minimum Gasteiger partial charge on any atom is -0.388 e. The smallest absolute Gasteiger partial charge is 0.237 e. The maximum atomic E-state index is 12.8. The van der Waals surface area contributed by atoms with Crippen LogP contribution in [0.25, 0.3) is 10.9 Å². The highest BCUT2D eigenvalue weighted by Gasteiger charge is 2.40. The van der Waals surface area contributed by atoms with Gasteiger partial charge in [-0.25, -0.2) is 4.31 Å². The Bertz CT molecular complexity index is 1070. The number of carbonyl (C=O) groups is 1. The summed E-state index contributed by atoms with van der Waals surface area (Å²) in [6.45, 7) is 6.28. The van der Waals surface area contributed by atoms with Gasteiger partial charge < -0.3 is 10.0 Å². The van der Waals surface area contributed by atoms with E-state index in [1.54, 1.807) is 16.6 Å². The number of H-pyrrole nitrogens is 1. The second-order valence-corrected chi connectivity index (χ2v) is 12.3. The maximum Gasteiger partial charge on any atom is 0.237 e. The monoisotopic (exact) mass is 466 g/mol. The average Bonchev–Trinajstić information content (AvgIpc) is 3.32. The van der Waals surface area contributed by atoms with Crippen LogP contribution in [0.4, 0.5) is 0 Å². The molecule has 31 heavy (non-hydrogen) atoms. The minimum atomic E-state index is -2.28. The van der Waals surface area contributed by atoms with Gasteiger partial charge >= 0.3 is 0 Å². The number of aromatic nitrogens is 2. The number of carbonyl (C=O) groups excluding carboxylic acids is 1. The van der Waals surface area contributed by atoms with E-state index in [0.29, 0.717) is 30.4 Å². The number of hydrogen-bond acceptors (Lipinski definition) is 4. The number of piperidine rings is 1. The lowest BCUT2D eigenvalue weighted by Gasteiger charge is -2.43. The van der Waals surface area contributed by atoms with Crippen LogP contribution in [0, 0.1) is 11.3 Å². The number of benzene rings is 1. The highest BCUT2D eigenvalue weighted by Crippen LogP contribution is 2.46. The molecular weight excluding hydrogens is 436 g/mol. The van der Waals surface area contributed by atoms with E-state index in [1.165, 1.54) is 0 Å². The van der Waals surface area contributed by atoms with E-state index in [4.69, 9.17) is 11.6 Å². The van der Waals surface area contributed by atoms with Crippen LogP contribution in [0.1, 0.15) is 44.8 Å². The van der Waals surface area contributed by atoms with Gasteiger partial charge in [0.1, 0.15) is 0 Å². The van der Waals surface area contributed by atoms with Crippen LogP contribution in [0.15, 0.2) is 18.3 Å². The van der Waals surface area contributed by atoms with Gasteiger partial charge in [-0.2, -0.15) is 5.10 Å². The van der Waals surface area contributed by atoms with Crippen LogP contribution in [0.5, 0.6) is 0 Å². The van der Waals surface area contributed by atoms with E-state index in [9.17, 15) is 14.1 Å². The fourth-order valence-electron chi connectivity index (χ4n) is 4.97. The number of fused-ring (bicyclic) bond motifs is 1. The number of nitrogens with zero attached hydrogens (tertiary/aromatic N) is 3. The van der Waals surface area contributed by atoms with E-state index in [-0.39, 0.29) is 18.4 Å². The van der Waals surface area contributed by atoms with Crippen LogP contribution in [-0.4, -0.2) is 72.4 Å². The number of aromatic amines is 1. The first kappa shape index (κ1) is 22.6. The number of likely N-dealkylation sites (tertiary alicyclic amines) is 1. The molecule has 1 aromatic heterocycles. The highest BCUT2D eigenvalue weighted by atomic mass is 35.5. The Hall–Kier alpha value is -1.61. The summed E-state index contributed by atoms with van der Waals surface area (Å²) < 4.78 is 14.2. The third-order valence-corrected chi connectivity index (χ3v) is 9.49. The number of amides is 1. The summed E-state index contributed by atoms with van der Waals surface area (Å²) in [4.78, 5) is 14.6. The molecule has 0 spiro atoms. The van der Waals surface area contributed by atoms with E-state index in [1.807, 2.05) is 11.0 Å². The van der Waals surface area contributed by atoms with Crippen molar-refractivity contribution in [3.63, 3.8) is 0 Å². The maximum absolute atomic E-state index is 12.8. The zero-order valence-corrected chi connectivity index (χ0v) is 19.7. The topological polar surface area (TPSA) is 89.5 Å². The second kappa shape index (κ2) is 8.39. The van der Waals surface area contributed by atoms with Gasteiger partial charge in [0.05, 0.1) is 24.4 Å². The van der Waals surface area contributed by atoms with Crippen molar-refractivity contribution < 1.29 is 14.1 Å². The molecule has 0 bridgehead atoms. The molecule has 7 nitrogen and oxygen atoms in total. The van der Waals surface area contributed by atoms with E-state index >= 15 is 0 Å². The molecule has 0 aliphatic carbocycles. The van der Waals surface area contributed by atoms with Crippen molar-refractivity contribution in [2.24, 2.45) is 11.3 Å². The zero-order valence-electron chi connectivity index (χ0n) is 18.1. The third-order valence-electron chi connectivity index (χ3n) is 7.10. The van der Waals surface area contributed by atoms with Gasteiger partial charge in [0, 0.05) is 51.1 Å². The molecule has 2 unspecified atom stereocenters. The highest BCUT2D eigenvalue weighted by molar-refractivity contribution is 7.98. The van der Waals surface area contributed by atoms with Crippen molar-refractivity contribution in [2.45, 2.75) is 39.2 Å². The number of nitrogens with one attached hydrogen (secondary N) is 1. The number of rotatable bonds is 5. The summed E-state index contributed by atoms with van der Waals surface area (Å²) in [7, 11) is -2.28. The normalized spacial score (nSPS) is 24.7. The lowest BCUT2D eigenvalue weighted by atomic mass is 9.68. The van der Waals surface area contributed by atoms with Crippen molar-refractivity contribution in [2.75, 3.05) is 31.9 Å². The standard InChI is InChI=1S/C22H31ClN4O3S/c1-22(2,21(29)18-12-17(23)11-15-13-24-25-20(15)18)16-5-8-26(9-6-16)19(28)14-27-7-4-10-31(27,3)30/h11-13,16,21,29H,3-10,14H2,1-2H3,(H,24,25). The SMILES string of the molecule is C=S1(=O)CCCN1CC(=O)N1CCC(C(C)(C)C(O)c2cc(Cl)cc3cn[nH]c23)CC1. The number of hydrogen-bond donors (Lipinski definition) is 2. The predicted octanol–water partition coefficient (Wildman–Crippen LogP) is 2.85. The molecule has 0 saturated carbocycles. The zero-order chi connectivity index (χ0) is 22.4. The molecule has 2 aliphatic rings. The Kier molecular flexibility index (Phi) is 6.11. The summed E-state index contributed by atoms with van der Waals surface area (Å²) >= 11 is 6.28. The van der Waals surface area contributed by atoms with Crippen molar-refractivity contribution in [1.29, 1.82) is 0 Å². The molecule has 2 N–H and O–H groups in total. The Morgan fingerprint density at radius 1 is 1.39 bits per heavy atom. The summed E-state index contributed by atoms with van der Waals surface area (Å²) in [5.41, 5.74) is 1.15. The first-order valence-electron chi connectivity index (χ1n) is 10.8. The van der Waals surface area contributed by atoms with E-state index in [2.05, 4.69) is 29.9 Å². The molecule has 2 saturated heterocycles. The van der Waals surface area contributed by atoms with Gasteiger partial charge in [-0.05, 0) is 48.6 Å². The average molecular weight is 467 g/mol. The summed E-state index contributed by atoms with van der Waals surface area (Å²) in [5, 5.41) is 19.9. The summed E-state index contributed by atoms with van der Waals surface area (Å²) in [6.07, 6.45) is 3.43. The second-order valence-electron chi connectivity index (χ2n) is 9.40. The summed E-state index contributed by atoms with van der Waals surface area (Å²) in [6, 6.07) is 3.64. The molecule has 0 radical (unpaired) electrons. The largest absolute Gasteiger partial charge is 0.388 e. The van der Waals surface area contributed by atoms with Crippen LogP contribution in [0.3, 0.4) is 0 Å². The molecule has 3 heterocycles. The Morgan fingerprint density at radius 3 is 2.74 bits per heavy atom. The molecule has 2 aliphatic heterocycles. The van der Waals surface area contributed by atoms with Gasteiger partial charge in [-0.1, -0.05) is 25.4 Å². The van der Waals surface area contributed by atoms with Gasteiger partial charge in [0.2, 0.25) is 5.91 Å². The molecule has 2 atom stereocenters. The Balaban J connectivity index is 1.42. The van der Waals surface area contributed by atoms with Crippen molar-refractivity contribution in [1.82, 2.24) is 19.4 Å². The Labute approximate surface area is 188 Å². The van der Waals surface area contributed by atoms with Crippen molar-refractivity contribution in [3.8, 4) is 0 Å². The molecule has 1 aromatic carbocycles. The fourth-order valence-corrected chi connectivity index (χ4v) is 6.85. The quantitative estimate of drug-likeness (QED) is 0.663. The first-order chi connectivity index (χ1) is 14.6. The third kappa shape index (κ3) is 4.35. The molecule has 2 aromatic rings. The first-order valence-corrected chi connectivity index (χ1v) is 13.0. The van der Waals surface area contributed by atoms with Crippen molar-refractivity contribution in [3.05, 3.63) is 28.9 Å². The van der Waals surface area contributed by atoms with E-state index < -0.39 is 21.2 Å². The molecule has 170 valence electrons. The van der Waals surface area contributed by atoms with E-state index in [0.717, 1.165) is 35.7 Å². The van der Waals surface area contributed by atoms with Crippen LogP contribution in [0.2, 0.25) is 5.02 Å². The van der Waals surface area contributed by atoms with Gasteiger partial charge in [0.15, 0.2) is 0 Å². The number of aliphatic hydroxyl groups is 1. The lowest BCUT2D eigenvalue weighted by molar-refractivity contribution is -0.133. The van der Waals surface area contributed by atoms with Crippen LogP contribution < -0.4 is 0 Å². The Morgan fingerprint density at radius 2 is 2.10 bits per heavy atom. The minimum absolute atomic E-state index is 0.0177. The fraction of sp³-hybridized carbons (Fsp3) is 0.591. The molecule has 2 fully saturated rings. The van der Waals surface area contributed by atoms with Crippen LogP contribution in [-0.2, 0) is 14.5 Å². The predicted molar refractivity (Wildman–Crippen MR) is 125 cm³/mol. The molecular formula is C22H31ClN4O3S. The number of halogens is 1. The van der Waals surface area contributed by atoms with Crippen LogP contribution >= 0.6 is 11.6 Å². The molecule has 9 heteroatoms. The van der Waals surface area contributed by atoms with Gasteiger partial charge in [0.25, 0.3) is 0 Å². The van der Waals surface area contributed by atoms with Gasteiger partial charge in [-0.15, -0.1) is 0 Å². The molecule has 1 amide bonds. The molecule has 4 rings (SSSR count). The van der Waals surface area contributed by atoms with Crippen molar-refractivity contribution >= 4 is 44.0 Å². The number of aliphatic hydroxyl groups excluding tert-OH is 1. The summed E-state index contributed by atoms with van der Waals surface area (Å²) in [5.74, 6) is 4.64. The van der Waals surface area contributed by atoms with Gasteiger partial charge in [-0.3, -0.25) is 14.1 Å².